The number of thioether (sulfide) groups is 1. The molecular weight excluding hydrogens is 369 g/mol. The van der Waals surface area contributed by atoms with Crippen molar-refractivity contribution >= 4 is 23.4 Å². The van der Waals surface area contributed by atoms with Crippen molar-refractivity contribution < 1.29 is 22.9 Å². The second-order valence-corrected chi connectivity index (χ2v) is 7.58. The van der Waals surface area contributed by atoms with Crippen LogP contribution in [0.2, 0.25) is 0 Å². The zero-order valence-electron chi connectivity index (χ0n) is 14.6. The summed E-state index contributed by atoms with van der Waals surface area (Å²) in [5.74, 6) is -0.188. The minimum Gasteiger partial charge on any atom is -0.337 e. The molecule has 1 aromatic rings. The summed E-state index contributed by atoms with van der Waals surface area (Å²) in [5, 5.41) is 11.1. The average Bonchev–Trinajstić information content (AvgIpc) is 3.05. The van der Waals surface area contributed by atoms with Crippen molar-refractivity contribution in [2.75, 3.05) is 5.75 Å². The highest BCUT2D eigenvalue weighted by molar-refractivity contribution is 8.00. The van der Waals surface area contributed by atoms with Crippen LogP contribution >= 0.6 is 11.8 Å². The zero-order chi connectivity index (χ0) is 19.5. The molecular formula is C17H21F3N2O3S. The van der Waals surface area contributed by atoms with Gasteiger partial charge in [0.2, 0.25) is 5.91 Å². The first-order valence-corrected chi connectivity index (χ1v) is 9.39. The highest BCUT2D eigenvalue weighted by Crippen LogP contribution is 2.37. The number of alkyl halides is 3. The number of rotatable bonds is 6. The Labute approximate surface area is 154 Å². The van der Waals surface area contributed by atoms with Crippen LogP contribution in [0.1, 0.15) is 45.1 Å². The lowest BCUT2D eigenvalue weighted by Gasteiger charge is -2.32. The summed E-state index contributed by atoms with van der Waals surface area (Å²) >= 11 is 0.907. The van der Waals surface area contributed by atoms with Gasteiger partial charge in [0.1, 0.15) is 0 Å². The fourth-order valence-electron chi connectivity index (χ4n) is 3.27. The largest absolute Gasteiger partial charge is 0.416 e. The van der Waals surface area contributed by atoms with Crippen molar-refractivity contribution in [2.45, 2.75) is 62.7 Å². The predicted octanol–water partition coefficient (Wildman–Crippen LogP) is 4.89. The number of nitro groups is 1. The lowest BCUT2D eigenvalue weighted by Crippen LogP contribution is -2.44. The molecule has 0 bridgehead atoms. The number of hydrogen-bond donors (Lipinski definition) is 0. The summed E-state index contributed by atoms with van der Waals surface area (Å²) in [5.41, 5.74) is -1.70. The molecule has 1 fully saturated rings. The Kier molecular flexibility index (Phi) is 6.54. The van der Waals surface area contributed by atoms with Gasteiger partial charge in [0.15, 0.2) is 0 Å². The first kappa shape index (κ1) is 20.5. The lowest BCUT2D eigenvalue weighted by atomic mass is 10.1. The van der Waals surface area contributed by atoms with E-state index in [4.69, 9.17) is 0 Å². The maximum absolute atomic E-state index is 12.8. The first-order chi connectivity index (χ1) is 12.1. The van der Waals surface area contributed by atoms with E-state index < -0.39 is 22.4 Å². The Morgan fingerprint density at radius 1 is 1.35 bits per heavy atom. The standard InChI is InChI=1S/C17H21F3N2O3S/c1-11(2)21(13-5-3-4-6-13)16(23)10-26-15-8-7-12(17(18,19)20)9-14(15)22(24)25/h7-9,11,13H,3-6,10H2,1-2H3. The Hall–Kier alpha value is -1.77. The van der Waals surface area contributed by atoms with Crippen LogP contribution in [0.4, 0.5) is 18.9 Å². The normalized spacial score (nSPS) is 15.5. The summed E-state index contributed by atoms with van der Waals surface area (Å²) in [4.78, 5) is 24.7. The number of benzene rings is 1. The first-order valence-electron chi connectivity index (χ1n) is 8.41. The van der Waals surface area contributed by atoms with Gasteiger partial charge in [-0.3, -0.25) is 14.9 Å². The summed E-state index contributed by atoms with van der Waals surface area (Å²) in [6.07, 6.45) is -0.637. The topological polar surface area (TPSA) is 63.5 Å². The van der Waals surface area contributed by atoms with E-state index in [1.165, 1.54) is 0 Å². The number of halogens is 3. The van der Waals surface area contributed by atoms with Gasteiger partial charge in [-0.15, -0.1) is 11.8 Å². The minimum absolute atomic E-state index is 0.00814. The van der Waals surface area contributed by atoms with Crippen molar-refractivity contribution in [3.8, 4) is 0 Å². The molecule has 144 valence electrons. The average molecular weight is 390 g/mol. The minimum atomic E-state index is -4.65. The van der Waals surface area contributed by atoms with Crippen molar-refractivity contribution in [1.29, 1.82) is 0 Å². The molecule has 0 spiro atoms. The number of nitro benzene ring substituents is 1. The Morgan fingerprint density at radius 3 is 2.46 bits per heavy atom. The second kappa shape index (κ2) is 8.28. The van der Waals surface area contributed by atoms with Crippen LogP contribution in [0.3, 0.4) is 0 Å². The molecule has 0 radical (unpaired) electrons. The van der Waals surface area contributed by atoms with E-state index in [9.17, 15) is 28.1 Å². The van der Waals surface area contributed by atoms with E-state index in [-0.39, 0.29) is 28.6 Å². The predicted molar refractivity (Wildman–Crippen MR) is 93.1 cm³/mol. The lowest BCUT2D eigenvalue weighted by molar-refractivity contribution is -0.388. The number of carbonyl (C=O) groups is 1. The molecule has 9 heteroatoms. The maximum atomic E-state index is 12.8. The Morgan fingerprint density at radius 2 is 1.96 bits per heavy atom. The van der Waals surface area contributed by atoms with E-state index in [1.54, 1.807) is 4.90 Å². The zero-order valence-corrected chi connectivity index (χ0v) is 15.4. The molecule has 0 N–H and O–H groups in total. The molecule has 0 atom stereocenters. The van der Waals surface area contributed by atoms with E-state index in [0.717, 1.165) is 49.6 Å². The van der Waals surface area contributed by atoms with E-state index in [2.05, 4.69) is 0 Å². The van der Waals surface area contributed by atoms with Crippen LogP contribution in [0, 0.1) is 10.1 Å². The van der Waals surface area contributed by atoms with Gasteiger partial charge in [0.25, 0.3) is 5.69 Å². The van der Waals surface area contributed by atoms with Crippen LogP contribution in [0.5, 0.6) is 0 Å². The molecule has 0 aromatic heterocycles. The SMILES string of the molecule is CC(C)N(C(=O)CSc1ccc(C(F)(F)F)cc1[N+](=O)[O-])C1CCCC1. The van der Waals surface area contributed by atoms with Gasteiger partial charge in [0.05, 0.1) is 21.1 Å². The van der Waals surface area contributed by atoms with Crippen molar-refractivity contribution in [1.82, 2.24) is 4.90 Å². The monoisotopic (exact) mass is 390 g/mol. The van der Waals surface area contributed by atoms with Gasteiger partial charge in [-0.2, -0.15) is 13.2 Å². The van der Waals surface area contributed by atoms with Crippen molar-refractivity contribution in [2.24, 2.45) is 0 Å². The third-order valence-electron chi connectivity index (χ3n) is 4.40. The molecule has 1 aliphatic rings. The maximum Gasteiger partial charge on any atom is 0.416 e. The second-order valence-electron chi connectivity index (χ2n) is 6.56. The quantitative estimate of drug-likeness (QED) is 0.394. The van der Waals surface area contributed by atoms with Crippen LogP contribution in [-0.4, -0.2) is 33.6 Å². The molecule has 0 unspecified atom stereocenters. The molecule has 5 nitrogen and oxygen atoms in total. The third kappa shape index (κ3) is 4.90. The third-order valence-corrected chi connectivity index (χ3v) is 5.44. The molecule has 1 aliphatic carbocycles. The fraction of sp³-hybridized carbons (Fsp3) is 0.588. The van der Waals surface area contributed by atoms with Gasteiger partial charge < -0.3 is 4.90 Å². The van der Waals surface area contributed by atoms with Crippen LogP contribution < -0.4 is 0 Å². The summed E-state index contributed by atoms with van der Waals surface area (Å²) in [6, 6.07) is 2.56. The molecule has 0 saturated heterocycles. The van der Waals surface area contributed by atoms with Crippen LogP contribution in [-0.2, 0) is 11.0 Å². The van der Waals surface area contributed by atoms with Crippen molar-refractivity contribution in [3.63, 3.8) is 0 Å². The number of hydrogen-bond acceptors (Lipinski definition) is 4. The van der Waals surface area contributed by atoms with Gasteiger partial charge in [0, 0.05) is 18.2 Å². The van der Waals surface area contributed by atoms with Crippen LogP contribution in [0.25, 0.3) is 0 Å². The highest BCUT2D eigenvalue weighted by atomic mass is 32.2. The number of amides is 1. The van der Waals surface area contributed by atoms with Gasteiger partial charge in [-0.05, 0) is 38.8 Å². The summed E-state index contributed by atoms with van der Waals surface area (Å²) < 4.78 is 38.3. The van der Waals surface area contributed by atoms with Crippen LogP contribution in [0.15, 0.2) is 23.1 Å². The molecule has 0 aliphatic heterocycles. The molecule has 2 rings (SSSR count). The van der Waals surface area contributed by atoms with E-state index in [1.807, 2.05) is 13.8 Å². The molecule has 1 saturated carbocycles. The van der Waals surface area contributed by atoms with E-state index in [0.29, 0.717) is 6.07 Å². The Balaban J connectivity index is 2.14. The Bertz CT molecular complexity index is 674. The molecule has 1 amide bonds. The van der Waals surface area contributed by atoms with Gasteiger partial charge in [-0.25, -0.2) is 0 Å². The molecule has 0 heterocycles. The number of carbonyl (C=O) groups excluding carboxylic acids is 1. The molecule has 1 aromatic carbocycles. The molecule has 26 heavy (non-hydrogen) atoms. The highest BCUT2D eigenvalue weighted by Gasteiger charge is 2.33. The van der Waals surface area contributed by atoms with Gasteiger partial charge in [-0.1, -0.05) is 12.8 Å². The smallest absolute Gasteiger partial charge is 0.337 e. The fourth-order valence-corrected chi connectivity index (χ4v) is 4.14. The van der Waals surface area contributed by atoms with Gasteiger partial charge >= 0.3 is 6.18 Å². The summed E-state index contributed by atoms with van der Waals surface area (Å²) in [7, 11) is 0. The van der Waals surface area contributed by atoms with Crippen molar-refractivity contribution in [3.05, 3.63) is 33.9 Å². The number of nitrogens with zero attached hydrogens (tertiary/aromatic N) is 2. The van der Waals surface area contributed by atoms with E-state index >= 15 is 0 Å². The summed E-state index contributed by atoms with van der Waals surface area (Å²) in [6.45, 7) is 3.84.